The Morgan fingerprint density at radius 2 is 2.00 bits per heavy atom. The zero-order chi connectivity index (χ0) is 23.0. The lowest BCUT2D eigenvalue weighted by molar-refractivity contribution is -0.127. The molecular weight excluding hydrogens is 410 g/mol. The number of benzene rings is 2. The van der Waals surface area contributed by atoms with Gasteiger partial charge in [-0.15, -0.1) is 0 Å². The molecule has 1 saturated heterocycles. The maximum Gasteiger partial charge on any atom is 0.254 e. The molecule has 32 heavy (non-hydrogen) atoms. The number of methoxy groups -OCH3 is 1. The van der Waals surface area contributed by atoms with Crippen LogP contribution in [0.4, 0.5) is 0 Å². The Bertz CT molecular complexity index is 1240. The Balaban J connectivity index is 1.68. The van der Waals surface area contributed by atoms with Crippen LogP contribution in [0.5, 0.6) is 5.75 Å². The van der Waals surface area contributed by atoms with Crippen LogP contribution >= 0.6 is 0 Å². The average molecular weight is 431 g/mol. The standard InChI is InChI=1S/C24H21N3O5/c1-14-3-4-16(21(25)29)9-15(14)7-8-24(11-20(28)26-23(24)31)13-27-12-17-5-6-18(32-2)10-19(17)22(27)30/h3-6,9-10H,11-13H2,1-2H3,(H2,25,29)(H,26,28,31)/t24-/m1/s1. The van der Waals surface area contributed by atoms with Gasteiger partial charge in [0, 0.05) is 29.8 Å². The number of amides is 4. The van der Waals surface area contributed by atoms with Crippen LogP contribution in [0, 0.1) is 24.2 Å². The number of ether oxygens (including phenoxy) is 1. The van der Waals surface area contributed by atoms with Crippen LogP contribution in [-0.4, -0.2) is 42.2 Å². The fourth-order valence-corrected chi connectivity index (χ4v) is 3.93. The lowest BCUT2D eigenvalue weighted by atomic mass is 9.85. The summed E-state index contributed by atoms with van der Waals surface area (Å²) in [5, 5.41) is 2.30. The van der Waals surface area contributed by atoms with E-state index in [0.717, 1.165) is 11.1 Å². The van der Waals surface area contributed by atoms with Crippen LogP contribution < -0.4 is 15.8 Å². The van der Waals surface area contributed by atoms with E-state index < -0.39 is 23.1 Å². The summed E-state index contributed by atoms with van der Waals surface area (Å²) in [4.78, 5) is 50.9. The molecule has 0 spiro atoms. The maximum absolute atomic E-state index is 13.0. The fourth-order valence-electron chi connectivity index (χ4n) is 3.93. The van der Waals surface area contributed by atoms with Gasteiger partial charge in [-0.05, 0) is 42.3 Å². The summed E-state index contributed by atoms with van der Waals surface area (Å²) in [5.41, 5.74) is 6.88. The minimum Gasteiger partial charge on any atom is -0.497 e. The molecule has 0 unspecified atom stereocenters. The zero-order valence-electron chi connectivity index (χ0n) is 17.7. The van der Waals surface area contributed by atoms with Crippen molar-refractivity contribution in [3.05, 3.63) is 64.2 Å². The Morgan fingerprint density at radius 1 is 1.22 bits per heavy atom. The van der Waals surface area contributed by atoms with Gasteiger partial charge in [-0.3, -0.25) is 24.5 Å². The number of carbonyl (C=O) groups is 4. The van der Waals surface area contributed by atoms with Crippen molar-refractivity contribution in [2.75, 3.05) is 13.7 Å². The van der Waals surface area contributed by atoms with E-state index in [1.807, 2.05) is 13.0 Å². The van der Waals surface area contributed by atoms with Crippen LogP contribution in [0.1, 0.15) is 43.8 Å². The van der Waals surface area contributed by atoms with Crippen molar-refractivity contribution in [2.45, 2.75) is 19.9 Å². The Kier molecular flexibility index (Phi) is 5.18. The summed E-state index contributed by atoms with van der Waals surface area (Å²) in [6, 6.07) is 10.1. The largest absolute Gasteiger partial charge is 0.497 e. The second kappa shape index (κ2) is 7.85. The lowest BCUT2D eigenvalue weighted by Crippen LogP contribution is -2.42. The summed E-state index contributed by atoms with van der Waals surface area (Å²) < 4.78 is 5.20. The van der Waals surface area contributed by atoms with Crippen molar-refractivity contribution in [1.29, 1.82) is 0 Å². The van der Waals surface area contributed by atoms with E-state index in [1.54, 1.807) is 30.3 Å². The highest BCUT2D eigenvalue weighted by molar-refractivity contribution is 6.08. The highest BCUT2D eigenvalue weighted by Gasteiger charge is 2.48. The number of primary amides is 1. The van der Waals surface area contributed by atoms with Gasteiger partial charge in [0.15, 0.2) is 0 Å². The smallest absolute Gasteiger partial charge is 0.254 e. The molecule has 162 valence electrons. The molecule has 0 saturated carbocycles. The topological polar surface area (TPSA) is 119 Å². The molecule has 4 amide bonds. The SMILES string of the molecule is COc1ccc2c(c1)C(=O)N(C[C@@]1(C#Cc3cc(C(N)=O)ccc3C)CC(=O)NC1=O)C2. The third-order valence-electron chi connectivity index (χ3n) is 5.77. The Morgan fingerprint density at radius 3 is 2.66 bits per heavy atom. The first-order valence-corrected chi connectivity index (χ1v) is 9.96. The third-order valence-corrected chi connectivity index (χ3v) is 5.77. The molecule has 0 aromatic heterocycles. The quantitative estimate of drug-likeness (QED) is 0.556. The first kappa shape index (κ1) is 21.1. The van der Waals surface area contributed by atoms with Crippen LogP contribution in [0.3, 0.4) is 0 Å². The van der Waals surface area contributed by atoms with Gasteiger partial charge in [0.25, 0.3) is 5.91 Å². The van der Waals surface area contributed by atoms with Crippen LogP contribution in [0.2, 0.25) is 0 Å². The number of hydrogen-bond donors (Lipinski definition) is 2. The number of fused-ring (bicyclic) bond motifs is 1. The Hall–Kier alpha value is -4.12. The van der Waals surface area contributed by atoms with Crippen molar-refractivity contribution in [3.8, 4) is 17.6 Å². The summed E-state index contributed by atoms with van der Waals surface area (Å²) in [5.74, 6) is 4.62. The second-order valence-corrected chi connectivity index (χ2v) is 7.96. The number of nitrogens with zero attached hydrogens (tertiary/aromatic N) is 1. The molecule has 0 bridgehead atoms. The summed E-state index contributed by atoms with van der Waals surface area (Å²) in [6.07, 6.45) is -0.156. The molecule has 4 rings (SSSR count). The van der Waals surface area contributed by atoms with Gasteiger partial charge in [-0.2, -0.15) is 0 Å². The van der Waals surface area contributed by atoms with E-state index >= 15 is 0 Å². The third kappa shape index (κ3) is 3.69. The van der Waals surface area contributed by atoms with Gasteiger partial charge in [0.1, 0.15) is 11.2 Å². The van der Waals surface area contributed by atoms with E-state index in [4.69, 9.17) is 10.5 Å². The molecule has 2 aromatic carbocycles. The molecular formula is C24H21N3O5. The van der Waals surface area contributed by atoms with Crippen molar-refractivity contribution in [3.63, 3.8) is 0 Å². The predicted octanol–water partition coefficient (Wildman–Crippen LogP) is 1.14. The van der Waals surface area contributed by atoms with Gasteiger partial charge < -0.3 is 15.4 Å². The molecule has 2 aromatic rings. The molecule has 1 fully saturated rings. The van der Waals surface area contributed by atoms with Crippen LogP contribution in [0.25, 0.3) is 0 Å². The van der Waals surface area contributed by atoms with Gasteiger partial charge in [0.05, 0.1) is 13.5 Å². The van der Waals surface area contributed by atoms with E-state index in [2.05, 4.69) is 17.2 Å². The van der Waals surface area contributed by atoms with E-state index in [1.165, 1.54) is 12.0 Å². The number of rotatable bonds is 4. The van der Waals surface area contributed by atoms with Gasteiger partial charge in [0.2, 0.25) is 17.7 Å². The van der Waals surface area contributed by atoms with Crippen molar-refractivity contribution >= 4 is 23.6 Å². The number of imide groups is 1. The minimum atomic E-state index is -1.39. The molecule has 0 radical (unpaired) electrons. The Labute approximate surface area is 184 Å². The first-order valence-electron chi connectivity index (χ1n) is 9.96. The highest BCUT2D eigenvalue weighted by atomic mass is 16.5. The monoisotopic (exact) mass is 431 g/mol. The minimum absolute atomic E-state index is 0.0397. The average Bonchev–Trinajstić information content (AvgIpc) is 3.22. The number of carbonyl (C=O) groups excluding carboxylic acids is 4. The molecule has 3 N–H and O–H groups in total. The van der Waals surface area contributed by atoms with E-state index in [9.17, 15) is 19.2 Å². The first-order chi connectivity index (χ1) is 15.2. The highest BCUT2D eigenvalue weighted by Crippen LogP contribution is 2.33. The van der Waals surface area contributed by atoms with Crippen molar-refractivity contribution in [1.82, 2.24) is 10.2 Å². The molecule has 0 aliphatic carbocycles. The van der Waals surface area contributed by atoms with Crippen LogP contribution in [-0.2, 0) is 16.1 Å². The van der Waals surface area contributed by atoms with Gasteiger partial charge >= 0.3 is 0 Å². The molecule has 8 nitrogen and oxygen atoms in total. The molecule has 2 aliphatic heterocycles. The summed E-state index contributed by atoms with van der Waals surface area (Å²) in [6.45, 7) is 2.08. The predicted molar refractivity (Wildman–Crippen MR) is 115 cm³/mol. The van der Waals surface area contributed by atoms with Crippen LogP contribution in [0.15, 0.2) is 36.4 Å². The summed E-state index contributed by atoms with van der Waals surface area (Å²) in [7, 11) is 1.52. The maximum atomic E-state index is 13.0. The zero-order valence-corrected chi connectivity index (χ0v) is 17.7. The normalized spacial score (nSPS) is 19.3. The van der Waals surface area contributed by atoms with E-state index in [0.29, 0.717) is 29.0 Å². The van der Waals surface area contributed by atoms with Gasteiger partial charge in [-0.25, -0.2) is 0 Å². The fraction of sp³-hybridized carbons (Fsp3) is 0.250. The number of aryl methyl sites for hydroxylation is 1. The summed E-state index contributed by atoms with van der Waals surface area (Å²) >= 11 is 0. The van der Waals surface area contributed by atoms with Crippen molar-refractivity contribution < 1.29 is 23.9 Å². The molecule has 2 aliphatic rings. The molecule has 1 atom stereocenters. The van der Waals surface area contributed by atoms with Crippen molar-refractivity contribution in [2.24, 2.45) is 11.1 Å². The molecule has 2 heterocycles. The molecule has 8 heteroatoms. The number of nitrogens with two attached hydrogens (primary N) is 1. The second-order valence-electron chi connectivity index (χ2n) is 7.96. The number of nitrogens with one attached hydrogen (secondary N) is 1. The van der Waals surface area contributed by atoms with E-state index in [-0.39, 0.29) is 18.9 Å². The lowest BCUT2D eigenvalue weighted by Gasteiger charge is -2.25. The number of hydrogen-bond acceptors (Lipinski definition) is 5. The van der Waals surface area contributed by atoms with Gasteiger partial charge in [-0.1, -0.05) is 24.0 Å².